The van der Waals surface area contributed by atoms with Crippen molar-refractivity contribution in [3.63, 3.8) is 0 Å². The predicted molar refractivity (Wildman–Crippen MR) is 137 cm³/mol. The second-order valence-electron chi connectivity index (χ2n) is 7.43. The number of unbranched alkanes of at least 4 members (excludes halogenated alkanes) is 1. The Kier molecular flexibility index (Phi) is 11.3. The van der Waals surface area contributed by atoms with Crippen molar-refractivity contribution in [2.24, 2.45) is 0 Å². The van der Waals surface area contributed by atoms with Crippen LogP contribution in [-0.4, -0.2) is 25.7 Å². The lowest BCUT2D eigenvalue weighted by Crippen LogP contribution is -2.31. The Hall–Kier alpha value is -3.02. The van der Waals surface area contributed by atoms with Gasteiger partial charge in [0.1, 0.15) is 0 Å². The topological polar surface area (TPSA) is 50.8 Å². The SMILES string of the molecule is CCCCNCc1ccc(OCC(=O)N(c2ccccc2)c2ccccc2)c(OCC)c1.Cl. The van der Waals surface area contributed by atoms with E-state index in [1.807, 2.05) is 85.8 Å². The third-order valence-electron chi connectivity index (χ3n) is 4.97. The van der Waals surface area contributed by atoms with Crippen LogP contribution in [0.25, 0.3) is 0 Å². The zero-order valence-corrected chi connectivity index (χ0v) is 20.1. The van der Waals surface area contributed by atoms with Gasteiger partial charge in [-0.25, -0.2) is 0 Å². The lowest BCUT2D eigenvalue weighted by Gasteiger charge is -2.23. The minimum absolute atomic E-state index is 0. The smallest absolute Gasteiger partial charge is 0.269 e. The molecule has 0 aliphatic rings. The van der Waals surface area contributed by atoms with Crippen LogP contribution in [0, 0.1) is 0 Å². The number of ether oxygens (including phenoxy) is 2. The minimum Gasteiger partial charge on any atom is -0.490 e. The van der Waals surface area contributed by atoms with E-state index in [0.29, 0.717) is 18.1 Å². The Morgan fingerprint density at radius 2 is 1.48 bits per heavy atom. The van der Waals surface area contributed by atoms with Crippen LogP contribution in [0.15, 0.2) is 78.9 Å². The van der Waals surface area contributed by atoms with Gasteiger partial charge in [0.05, 0.1) is 6.61 Å². The van der Waals surface area contributed by atoms with Gasteiger partial charge >= 0.3 is 0 Å². The zero-order chi connectivity index (χ0) is 22.6. The van der Waals surface area contributed by atoms with Gasteiger partial charge in [-0.05, 0) is 61.9 Å². The van der Waals surface area contributed by atoms with Gasteiger partial charge in [-0.15, -0.1) is 12.4 Å². The number of nitrogens with zero attached hydrogens (tertiary/aromatic N) is 1. The van der Waals surface area contributed by atoms with Crippen molar-refractivity contribution >= 4 is 29.7 Å². The van der Waals surface area contributed by atoms with Crippen LogP contribution in [0.4, 0.5) is 11.4 Å². The lowest BCUT2D eigenvalue weighted by atomic mass is 10.2. The van der Waals surface area contributed by atoms with Gasteiger partial charge in [0, 0.05) is 17.9 Å². The molecule has 0 saturated heterocycles. The summed E-state index contributed by atoms with van der Waals surface area (Å²) in [6.07, 6.45) is 2.32. The number of carbonyl (C=O) groups is 1. The summed E-state index contributed by atoms with van der Waals surface area (Å²) < 4.78 is 11.7. The second-order valence-corrected chi connectivity index (χ2v) is 7.43. The van der Waals surface area contributed by atoms with Crippen LogP contribution < -0.4 is 19.7 Å². The molecule has 0 fully saturated rings. The molecule has 0 bridgehead atoms. The van der Waals surface area contributed by atoms with Crippen molar-refractivity contribution < 1.29 is 14.3 Å². The van der Waals surface area contributed by atoms with Gasteiger partial charge < -0.3 is 14.8 Å². The molecule has 0 saturated carbocycles. The molecule has 33 heavy (non-hydrogen) atoms. The molecule has 0 radical (unpaired) electrons. The highest BCUT2D eigenvalue weighted by Crippen LogP contribution is 2.30. The van der Waals surface area contributed by atoms with E-state index in [1.165, 1.54) is 6.42 Å². The number of hydrogen-bond acceptors (Lipinski definition) is 4. The molecule has 0 unspecified atom stereocenters. The molecular weight excluding hydrogens is 436 g/mol. The molecule has 1 N–H and O–H groups in total. The zero-order valence-electron chi connectivity index (χ0n) is 19.3. The van der Waals surface area contributed by atoms with Crippen LogP contribution in [0.3, 0.4) is 0 Å². The van der Waals surface area contributed by atoms with Crippen LogP contribution in [0.5, 0.6) is 11.5 Å². The average Bonchev–Trinajstić information content (AvgIpc) is 2.83. The Labute approximate surface area is 203 Å². The van der Waals surface area contributed by atoms with E-state index in [2.05, 4.69) is 12.2 Å². The number of hydrogen-bond donors (Lipinski definition) is 1. The fraction of sp³-hybridized carbons (Fsp3) is 0.296. The maximum atomic E-state index is 13.2. The van der Waals surface area contributed by atoms with E-state index in [1.54, 1.807) is 4.90 Å². The molecule has 3 rings (SSSR count). The molecule has 5 nitrogen and oxygen atoms in total. The largest absolute Gasteiger partial charge is 0.490 e. The van der Waals surface area contributed by atoms with E-state index >= 15 is 0 Å². The standard InChI is InChI=1S/C27H32N2O3.ClH/c1-3-5-18-28-20-22-16-17-25(26(19-22)31-4-2)32-21-27(30)29(23-12-8-6-9-13-23)24-14-10-7-11-15-24;/h6-17,19,28H,3-5,18,20-21H2,1-2H3;1H. The first-order valence-electron chi connectivity index (χ1n) is 11.2. The Balaban J connectivity index is 0.00000385. The van der Waals surface area contributed by atoms with E-state index < -0.39 is 0 Å². The van der Waals surface area contributed by atoms with Gasteiger partial charge in [0.15, 0.2) is 18.1 Å². The molecular formula is C27H33ClN2O3. The highest BCUT2D eigenvalue weighted by Gasteiger charge is 2.19. The van der Waals surface area contributed by atoms with Gasteiger partial charge in [-0.2, -0.15) is 0 Å². The fourth-order valence-corrected chi connectivity index (χ4v) is 3.38. The Morgan fingerprint density at radius 1 is 0.848 bits per heavy atom. The molecule has 0 aliphatic carbocycles. The number of para-hydroxylation sites is 2. The predicted octanol–water partition coefficient (Wildman–Crippen LogP) is 6.14. The van der Waals surface area contributed by atoms with Crippen molar-refractivity contribution in [2.45, 2.75) is 33.2 Å². The third kappa shape index (κ3) is 7.81. The lowest BCUT2D eigenvalue weighted by molar-refractivity contribution is -0.119. The maximum Gasteiger partial charge on any atom is 0.269 e. The molecule has 176 valence electrons. The molecule has 0 aromatic heterocycles. The van der Waals surface area contributed by atoms with Crippen molar-refractivity contribution in [1.29, 1.82) is 0 Å². The molecule has 6 heteroatoms. The van der Waals surface area contributed by atoms with Gasteiger partial charge in [-0.3, -0.25) is 9.69 Å². The number of anilines is 2. The van der Waals surface area contributed by atoms with E-state index in [0.717, 1.165) is 36.4 Å². The molecule has 3 aromatic rings. The minimum atomic E-state index is -0.157. The average molecular weight is 469 g/mol. The van der Waals surface area contributed by atoms with Crippen LogP contribution in [0.2, 0.25) is 0 Å². The summed E-state index contributed by atoms with van der Waals surface area (Å²) in [5.41, 5.74) is 2.72. The van der Waals surface area contributed by atoms with Gasteiger partial charge in [-0.1, -0.05) is 55.8 Å². The summed E-state index contributed by atoms with van der Waals surface area (Å²) in [7, 11) is 0. The summed E-state index contributed by atoms with van der Waals surface area (Å²) in [5, 5.41) is 3.44. The number of nitrogens with one attached hydrogen (secondary N) is 1. The summed E-state index contributed by atoms with van der Waals surface area (Å²) in [6.45, 7) is 6.30. The number of carbonyl (C=O) groups excluding carboxylic acids is 1. The van der Waals surface area contributed by atoms with Crippen molar-refractivity contribution in [1.82, 2.24) is 5.32 Å². The van der Waals surface area contributed by atoms with Crippen molar-refractivity contribution in [2.75, 3.05) is 24.7 Å². The Bertz CT molecular complexity index is 928. The molecule has 1 amide bonds. The monoisotopic (exact) mass is 468 g/mol. The van der Waals surface area contributed by atoms with Crippen LogP contribution >= 0.6 is 12.4 Å². The molecule has 0 heterocycles. The van der Waals surface area contributed by atoms with E-state index in [-0.39, 0.29) is 24.9 Å². The maximum absolute atomic E-state index is 13.2. The number of rotatable bonds is 12. The molecule has 0 spiro atoms. The van der Waals surface area contributed by atoms with Crippen molar-refractivity contribution in [3.05, 3.63) is 84.4 Å². The van der Waals surface area contributed by atoms with E-state index in [9.17, 15) is 4.79 Å². The fourth-order valence-electron chi connectivity index (χ4n) is 3.38. The van der Waals surface area contributed by atoms with Crippen LogP contribution in [-0.2, 0) is 11.3 Å². The molecule has 0 aliphatic heterocycles. The third-order valence-corrected chi connectivity index (χ3v) is 4.97. The first kappa shape index (κ1) is 26.2. The van der Waals surface area contributed by atoms with Gasteiger partial charge in [0.2, 0.25) is 0 Å². The molecule has 3 aromatic carbocycles. The highest BCUT2D eigenvalue weighted by atomic mass is 35.5. The molecule has 0 atom stereocenters. The van der Waals surface area contributed by atoms with E-state index in [4.69, 9.17) is 9.47 Å². The quantitative estimate of drug-likeness (QED) is 0.324. The summed E-state index contributed by atoms with van der Waals surface area (Å²) in [6, 6.07) is 25.1. The summed E-state index contributed by atoms with van der Waals surface area (Å²) in [4.78, 5) is 14.9. The highest BCUT2D eigenvalue weighted by molar-refractivity contribution is 6.01. The first-order valence-corrected chi connectivity index (χ1v) is 11.2. The Morgan fingerprint density at radius 3 is 2.06 bits per heavy atom. The number of halogens is 1. The number of amides is 1. The number of benzene rings is 3. The van der Waals surface area contributed by atoms with Crippen LogP contribution in [0.1, 0.15) is 32.3 Å². The van der Waals surface area contributed by atoms with Gasteiger partial charge in [0.25, 0.3) is 5.91 Å². The van der Waals surface area contributed by atoms with Crippen molar-refractivity contribution in [3.8, 4) is 11.5 Å². The summed E-state index contributed by atoms with van der Waals surface area (Å²) >= 11 is 0. The normalized spacial score (nSPS) is 10.2. The summed E-state index contributed by atoms with van der Waals surface area (Å²) in [5.74, 6) is 1.06. The first-order chi connectivity index (χ1) is 15.7. The second kappa shape index (κ2) is 14.2.